The Morgan fingerprint density at radius 3 is 2.58 bits per heavy atom. The predicted octanol–water partition coefficient (Wildman–Crippen LogP) is 5.88. The van der Waals surface area contributed by atoms with Gasteiger partial charge in [0.15, 0.2) is 0 Å². The van der Waals surface area contributed by atoms with Crippen molar-refractivity contribution in [1.82, 2.24) is 14.8 Å². The lowest BCUT2D eigenvalue weighted by molar-refractivity contribution is -0.151. The van der Waals surface area contributed by atoms with Crippen LogP contribution in [0.2, 0.25) is 0 Å². The van der Waals surface area contributed by atoms with Crippen LogP contribution in [0.4, 0.5) is 0 Å². The smallest absolute Gasteiger partial charge is 0.229 e. The van der Waals surface area contributed by atoms with Gasteiger partial charge in [0.05, 0.1) is 27.2 Å². The van der Waals surface area contributed by atoms with Crippen molar-refractivity contribution in [3.8, 4) is 5.75 Å². The van der Waals surface area contributed by atoms with Crippen LogP contribution in [0.5, 0.6) is 5.75 Å². The van der Waals surface area contributed by atoms with E-state index >= 15 is 0 Å². The summed E-state index contributed by atoms with van der Waals surface area (Å²) >= 11 is 1.67. The Morgan fingerprint density at radius 2 is 1.79 bits per heavy atom. The fraction of sp³-hybridized carbons (Fsp3) is 0.516. The number of carbonyl (C=O) groups is 2. The largest absolute Gasteiger partial charge is 0.491 e. The Hall–Kier alpha value is -2.93. The molecule has 2 aromatic carbocycles. The molecule has 0 radical (unpaired) electrons. The van der Waals surface area contributed by atoms with Gasteiger partial charge in [-0.3, -0.25) is 9.59 Å². The van der Waals surface area contributed by atoms with Crippen molar-refractivity contribution < 1.29 is 14.3 Å². The summed E-state index contributed by atoms with van der Waals surface area (Å²) in [6.07, 6.45) is 6.48. The molecule has 0 atom stereocenters. The molecule has 1 aromatic heterocycles. The van der Waals surface area contributed by atoms with Crippen molar-refractivity contribution in [3.05, 3.63) is 59.1 Å². The van der Waals surface area contributed by atoms with Gasteiger partial charge in [-0.2, -0.15) is 0 Å². The summed E-state index contributed by atoms with van der Waals surface area (Å²) in [7, 11) is 0. The van der Waals surface area contributed by atoms with Gasteiger partial charge in [-0.1, -0.05) is 36.8 Å². The fourth-order valence-electron chi connectivity index (χ4n) is 5.94. The maximum absolute atomic E-state index is 14.1. The number of benzene rings is 2. The Labute approximate surface area is 230 Å². The number of aryl methyl sites for hydroxylation is 2. The number of aromatic nitrogens is 1. The van der Waals surface area contributed by atoms with E-state index in [0.29, 0.717) is 39.1 Å². The number of piperidine rings is 1. The molecule has 0 aliphatic carbocycles. The molecule has 1 saturated heterocycles. The highest BCUT2D eigenvalue weighted by Crippen LogP contribution is 2.40. The molecule has 38 heavy (non-hydrogen) atoms. The lowest BCUT2D eigenvalue weighted by Crippen LogP contribution is -2.53. The first kappa shape index (κ1) is 26.7. The lowest BCUT2D eigenvalue weighted by atomic mass is 9.72. The Morgan fingerprint density at radius 1 is 1.03 bits per heavy atom. The topological polar surface area (TPSA) is 62.7 Å². The normalized spacial score (nSPS) is 18.7. The third-order valence-corrected chi connectivity index (χ3v) is 9.31. The number of hydrogen-bond acceptors (Lipinski definition) is 5. The molecule has 3 heterocycles. The van der Waals surface area contributed by atoms with E-state index in [1.54, 1.807) is 11.3 Å². The lowest BCUT2D eigenvalue weighted by Gasteiger charge is -2.44. The minimum absolute atomic E-state index is 0.106. The number of amides is 2. The standard InChI is InChI=1S/C31H39N3O3S/c1-23(2)34-21-22-37-26-12-5-3-9-24(26)10-7-8-16-31(30(34)36)17-19-33(20-18-31)29(35)15-14-28-32-25-11-4-6-13-27(25)38-28/h3-6,9,11-13,23H,7-8,10,14-22H2,1-2H3. The summed E-state index contributed by atoms with van der Waals surface area (Å²) < 4.78 is 7.31. The van der Waals surface area contributed by atoms with Crippen LogP contribution in [0.15, 0.2) is 48.5 Å². The summed E-state index contributed by atoms with van der Waals surface area (Å²) in [6.45, 7) is 6.55. The second-order valence-electron chi connectivity index (χ2n) is 11.0. The van der Waals surface area contributed by atoms with E-state index in [9.17, 15) is 9.59 Å². The average molecular weight is 534 g/mol. The van der Waals surface area contributed by atoms with Gasteiger partial charge in [-0.25, -0.2) is 4.98 Å². The number of likely N-dealkylation sites (tertiary alicyclic amines) is 1. The Kier molecular flexibility index (Phi) is 8.32. The molecule has 0 bridgehead atoms. The van der Waals surface area contributed by atoms with E-state index in [4.69, 9.17) is 4.74 Å². The number of hydrogen-bond donors (Lipinski definition) is 0. The van der Waals surface area contributed by atoms with Gasteiger partial charge < -0.3 is 14.5 Å². The van der Waals surface area contributed by atoms with Crippen molar-refractivity contribution in [2.45, 2.75) is 71.3 Å². The van der Waals surface area contributed by atoms with Crippen molar-refractivity contribution in [3.63, 3.8) is 0 Å². The summed E-state index contributed by atoms with van der Waals surface area (Å²) in [5.41, 5.74) is 1.86. The van der Waals surface area contributed by atoms with Gasteiger partial charge in [0.1, 0.15) is 12.4 Å². The maximum Gasteiger partial charge on any atom is 0.229 e. The molecule has 202 valence electrons. The molecular weight excluding hydrogens is 494 g/mol. The third-order valence-electron chi connectivity index (χ3n) is 8.22. The summed E-state index contributed by atoms with van der Waals surface area (Å²) in [5, 5.41) is 1.01. The minimum atomic E-state index is -0.396. The van der Waals surface area contributed by atoms with Crippen molar-refractivity contribution in [2.24, 2.45) is 5.41 Å². The second kappa shape index (κ2) is 11.9. The van der Waals surface area contributed by atoms with E-state index in [1.807, 2.05) is 40.1 Å². The van der Waals surface area contributed by atoms with Crippen LogP contribution in [0.1, 0.15) is 62.9 Å². The highest BCUT2D eigenvalue weighted by atomic mass is 32.1. The number of fused-ring (bicyclic) bond motifs is 2. The van der Waals surface area contributed by atoms with Crippen LogP contribution in [-0.4, -0.2) is 58.9 Å². The van der Waals surface area contributed by atoms with Crippen LogP contribution in [0.3, 0.4) is 0 Å². The molecule has 2 aliphatic rings. The Bertz CT molecular complexity index is 1230. The molecular formula is C31H39N3O3S. The molecule has 0 saturated carbocycles. The first-order chi connectivity index (χ1) is 18.4. The van der Waals surface area contributed by atoms with Crippen LogP contribution in [-0.2, 0) is 22.4 Å². The number of carbonyl (C=O) groups excluding carboxylic acids is 2. The minimum Gasteiger partial charge on any atom is -0.491 e. The van der Waals surface area contributed by atoms with E-state index < -0.39 is 5.41 Å². The van der Waals surface area contributed by atoms with Crippen molar-refractivity contribution >= 4 is 33.4 Å². The van der Waals surface area contributed by atoms with Crippen molar-refractivity contribution in [1.29, 1.82) is 0 Å². The molecule has 1 spiro atoms. The summed E-state index contributed by atoms with van der Waals surface area (Å²) in [4.78, 5) is 35.9. The SMILES string of the molecule is CC(C)N1CCOc2ccccc2CCCCC2(CCN(C(=O)CCc3nc4ccccc4s3)CC2)C1=O. The molecule has 0 unspecified atom stereocenters. The fourth-order valence-corrected chi connectivity index (χ4v) is 6.90. The van der Waals surface area contributed by atoms with Gasteiger partial charge in [0.2, 0.25) is 11.8 Å². The molecule has 1 fully saturated rings. The highest BCUT2D eigenvalue weighted by molar-refractivity contribution is 7.18. The number of nitrogens with zero attached hydrogens (tertiary/aromatic N) is 3. The molecule has 3 aromatic rings. The first-order valence-corrected chi connectivity index (χ1v) is 14.9. The number of para-hydroxylation sites is 2. The first-order valence-electron chi connectivity index (χ1n) is 14.1. The number of ether oxygens (including phenoxy) is 1. The van der Waals surface area contributed by atoms with E-state index in [1.165, 1.54) is 10.3 Å². The number of rotatable bonds is 4. The average Bonchev–Trinajstić information content (AvgIpc) is 3.35. The zero-order valence-electron chi connectivity index (χ0n) is 22.7. The van der Waals surface area contributed by atoms with Crippen molar-refractivity contribution in [2.75, 3.05) is 26.2 Å². The van der Waals surface area contributed by atoms with Crippen LogP contribution >= 0.6 is 11.3 Å². The molecule has 0 N–H and O–H groups in total. The summed E-state index contributed by atoms with van der Waals surface area (Å²) in [5.74, 6) is 1.36. The highest BCUT2D eigenvalue weighted by Gasteiger charge is 2.44. The molecule has 6 nitrogen and oxygen atoms in total. The molecule has 2 amide bonds. The van der Waals surface area contributed by atoms with Gasteiger partial charge in [0, 0.05) is 32.0 Å². The zero-order valence-corrected chi connectivity index (χ0v) is 23.5. The van der Waals surface area contributed by atoms with Gasteiger partial charge in [0.25, 0.3) is 0 Å². The second-order valence-corrected chi connectivity index (χ2v) is 12.1. The maximum atomic E-state index is 14.1. The predicted molar refractivity (Wildman–Crippen MR) is 153 cm³/mol. The Balaban J connectivity index is 1.23. The quantitative estimate of drug-likeness (QED) is 0.420. The van der Waals surface area contributed by atoms with Gasteiger partial charge >= 0.3 is 0 Å². The van der Waals surface area contributed by atoms with Crippen LogP contribution in [0, 0.1) is 5.41 Å². The monoisotopic (exact) mass is 533 g/mol. The van der Waals surface area contributed by atoms with Crippen LogP contribution < -0.4 is 4.74 Å². The van der Waals surface area contributed by atoms with Crippen LogP contribution in [0.25, 0.3) is 10.2 Å². The third kappa shape index (κ3) is 5.88. The molecule has 5 rings (SSSR count). The van der Waals surface area contributed by atoms with E-state index in [-0.39, 0.29) is 17.9 Å². The molecule has 2 aliphatic heterocycles. The van der Waals surface area contributed by atoms with E-state index in [2.05, 4.69) is 37.0 Å². The zero-order chi connectivity index (χ0) is 26.5. The van der Waals surface area contributed by atoms with Gasteiger partial charge in [-0.15, -0.1) is 11.3 Å². The summed E-state index contributed by atoms with van der Waals surface area (Å²) in [6, 6.07) is 16.5. The number of thiazole rings is 1. The van der Waals surface area contributed by atoms with E-state index in [0.717, 1.165) is 54.8 Å². The molecule has 7 heteroatoms. The van der Waals surface area contributed by atoms with Gasteiger partial charge in [-0.05, 0) is 69.7 Å².